The third-order valence-corrected chi connectivity index (χ3v) is 3.18. The summed E-state index contributed by atoms with van der Waals surface area (Å²) in [5.74, 6) is 0.551. The fourth-order valence-corrected chi connectivity index (χ4v) is 1.99. The number of carbonyl (C=O) groups is 1. The summed E-state index contributed by atoms with van der Waals surface area (Å²) in [6.07, 6.45) is 0.542. The van der Waals surface area contributed by atoms with Crippen molar-refractivity contribution < 1.29 is 14.6 Å². The number of carbonyl (C=O) groups excluding carboxylic acids is 1. The van der Waals surface area contributed by atoms with E-state index in [2.05, 4.69) is 5.32 Å². The van der Waals surface area contributed by atoms with E-state index >= 15 is 0 Å². The first-order chi connectivity index (χ1) is 9.38. The van der Waals surface area contributed by atoms with E-state index in [9.17, 15) is 4.79 Å². The molecule has 0 radical (unpaired) electrons. The van der Waals surface area contributed by atoms with Crippen LogP contribution >= 0.6 is 0 Å². The van der Waals surface area contributed by atoms with Crippen LogP contribution in [-0.2, 0) is 0 Å². The number of aliphatic hydroxyl groups excluding tert-OH is 1. The van der Waals surface area contributed by atoms with Crippen molar-refractivity contribution in [2.24, 2.45) is 5.41 Å². The van der Waals surface area contributed by atoms with Crippen molar-refractivity contribution in [1.29, 1.82) is 0 Å². The second-order valence-corrected chi connectivity index (χ2v) is 5.87. The van der Waals surface area contributed by atoms with Gasteiger partial charge in [-0.25, -0.2) is 0 Å². The normalized spacial score (nSPS) is 12.8. The van der Waals surface area contributed by atoms with Gasteiger partial charge in [-0.15, -0.1) is 0 Å². The summed E-state index contributed by atoms with van der Waals surface area (Å²) in [5.41, 5.74) is 0.471. The van der Waals surface area contributed by atoms with Crippen LogP contribution in [0.5, 0.6) is 5.75 Å². The molecule has 0 saturated carbocycles. The number of ether oxygens (including phenoxy) is 1. The Morgan fingerprint density at radius 3 is 2.65 bits per heavy atom. The van der Waals surface area contributed by atoms with Crippen LogP contribution in [0, 0.1) is 5.41 Å². The van der Waals surface area contributed by atoms with Crippen molar-refractivity contribution in [2.75, 3.05) is 13.2 Å². The zero-order valence-corrected chi connectivity index (χ0v) is 12.8. The van der Waals surface area contributed by atoms with Crippen molar-refractivity contribution in [2.45, 2.75) is 40.2 Å². The molecular weight excluding hydrogens is 254 g/mol. The first-order valence-corrected chi connectivity index (χ1v) is 7.03. The van der Waals surface area contributed by atoms with Gasteiger partial charge >= 0.3 is 0 Å². The number of hydrogen-bond donors (Lipinski definition) is 2. The maximum atomic E-state index is 12.3. The van der Waals surface area contributed by atoms with Crippen LogP contribution in [0.2, 0.25) is 0 Å². The van der Waals surface area contributed by atoms with Gasteiger partial charge in [-0.05, 0) is 37.0 Å². The highest BCUT2D eigenvalue weighted by Gasteiger charge is 2.26. The fourth-order valence-electron chi connectivity index (χ4n) is 1.99. The highest BCUT2D eigenvalue weighted by atomic mass is 16.5. The lowest BCUT2D eigenvalue weighted by Crippen LogP contribution is -2.44. The minimum absolute atomic E-state index is 0.0567. The Morgan fingerprint density at radius 1 is 1.40 bits per heavy atom. The van der Waals surface area contributed by atoms with Crippen molar-refractivity contribution in [3.63, 3.8) is 0 Å². The van der Waals surface area contributed by atoms with Gasteiger partial charge in [0, 0.05) is 18.2 Å². The monoisotopic (exact) mass is 279 g/mol. The number of rotatable bonds is 6. The van der Waals surface area contributed by atoms with Gasteiger partial charge in [0.25, 0.3) is 5.91 Å². The van der Waals surface area contributed by atoms with Gasteiger partial charge in [-0.3, -0.25) is 4.79 Å². The zero-order chi connectivity index (χ0) is 15.2. The van der Waals surface area contributed by atoms with Gasteiger partial charge in [0.2, 0.25) is 0 Å². The summed E-state index contributed by atoms with van der Waals surface area (Å²) < 4.78 is 5.40. The molecule has 4 heteroatoms. The molecule has 0 spiro atoms. The van der Waals surface area contributed by atoms with Gasteiger partial charge < -0.3 is 15.2 Å². The third-order valence-electron chi connectivity index (χ3n) is 3.18. The Kier molecular flexibility index (Phi) is 6.02. The number of benzene rings is 1. The molecule has 1 aromatic carbocycles. The van der Waals surface area contributed by atoms with Crippen LogP contribution in [0.4, 0.5) is 0 Å². The molecule has 0 fully saturated rings. The maximum absolute atomic E-state index is 12.3. The molecule has 20 heavy (non-hydrogen) atoms. The largest absolute Gasteiger partial charge is 0.494 e. The quantitative estimate of drug-likeness (QED) is 0.841. The Hall–Kier alpha value is -1.55. The van der Waals surface area contributed by atoms with Crippen LogP contribution < -0.4 is 10.1 Å². The Morgan fingerprint density at radius 2 is 2.10 bits per heavy atom. The maximum Gasteiger partial charge on any atom is 0.251 e. The van der Waals surface area contributed by atoms with Gasteiger partial charge in [0.15, 0.2) is 0 Å². The number of aliphatic hydroxyl groups is 1. The van der Waals surface area contributed by atoms with Crippen molar-refractivity contribution in [1.82, 2.24) is 5.32 Å². The second-order valence-electron chi connectivity index (χ2n) is 5.87. The summed E-state index contributed by atoms with van der Waals surface area (Å²) in [6.45, 7) is 8.67. The lowest BCUT2D eigenvalue weighted by Gasteiger charge is -2.31. The highest BCUT2D eigenvalue weighted by Crippen LogP contribution is 2.22. The molecule has 0 heterocycles. The van der Waals surface area contributed by atoms with Crippen LogP contribution in [0.25, 0.3) is 0 Å². The van der Waals surface area contributed by atoms with E-state index in [1.807, 2.05) is 33.8 Å². The third kappa shape index (κ3) is 4.85. The number of hydrogen-bond acceptors (Lipinski definition) is 3. The number of amides is 1. The summed E-state index contributed by atoms with van der Waals surface area (Å²) in [7, 11) is 0. The van der Waals surface area contributed by atoms with Crippen molar-refractivity contribution >= 4 is 5.91 Å². The summed E-state index contributed by atoms with van der Waals surface area (Å²) in [4.78, 5) is 12.3. The minimum Gasteiger partial charge on any atom is -0.494 e. The highest BCUT2D eigenvalue weighted by molar-refractivity contribution is 5.94. The summed E-state index contributed by atoms with van der Waals surface area (Å²) >= 11 is 0. The molecule has 112 valence electrons. The molecule has 4 nitrogen and oxygen atoms in total. The zero-order valence-electron chi connectivity index (χ0n) is 12.8. The average Bonchev–Trinajstić information content (AvgIpc) is 2.38. The Bertz CT molecular complexity index is 438. The lowest BCUT2D eigenvalue weighted by atomic mass is 9.85. The molecule has 0 aliphatic heterocycles. The molecule has 2 N–H and O–H groups in total. The Balaban J connectivity index is 2.81. The first-order valence-electron chi connectivity index (χ1n) is 7.03. The fraction of sp³-hybridized carbons (Fsp3) is 0.562. The molecule has 0 aliphatic carbocycles. The summed E-state index contributed by atoms with van der Waals surface area (Å²) in [5, 5.41) is 12.1. The lowest BCUT2D eigenvalue weighted by molar-refractivity contribution is 0.0884. The van der Waals surface area contributed by atoms with Crippen molar-refractivity contribution in [3.05, 3.63) is 29.8 Å². The summed E-state index contributed by atoms with van der Waals surface area (Å²) in [6, 6.07) is 7.05. The molecular formula is C16H25NO3. The molecule has 0 aliphatic rings. The van der Waals surface area contributed by atoms with E-state index in [0.29, 0.717) is 24.3 Å². The molecule has 1 unspecified atom stereocenters. The van der Waals surface area contributed by atoms with Gasteiger partial charge in [-0.2, -0.15) is 0 Å². The van der Waals surface area contributed by atoms with E-state index in [-0.39, 0.29) is 24.0 Å². The molecule has 1 amide bonds. The predicted molar refractivity (Wildman–Crippen MR) is 80.0 cm³/mol. The molecule has 0 saturated heterocycles. The van der Waals surface area contributed by atoms with Crippen LogP contribution in [0.15, 0.2) is 24.3 Å². The second kappa shape index (κ2) is 7.29. The minimum atomic E-state index is -0.139. The van der Waals surface area contributed by atoms with E-state index in [4.69, 9.17) is 9.84 Å². The molecule has 1 atom stereocenters. The molecule has 0 aromatic heterocycles. The van der Waals surface area contributed by atoms with Gasteiger partial charge in [0.05, 0.1) is 6.61 Å². The van der Waals surface area contributed by atoms with Crippen LogP contribution in [-0.4, -0.2) is 30.3 Å². The Labute approximate surface area is 121 Å². The SMILES string of the molecule is CCOc1cccc(C(=O)NC(CCO)C(C)(C)C)c1. The first kappa shape index (κ1) is 16.5. The van der Waals surface area contributed by atoms with Crippen LogP contribution in [0.3, 0.4) is 0 Å². The van der Waals surface area contributed by atoms with Crippen LogP contribution in [0.1, 0.15) is 44.5 Å². The van der Waals surface area contributed by atoms with Gasteiger partial charge in [-0.1, -0.05) is 26.8 Å². The van der Waals surface area contributed by atoms with Crippen molar-refractivity contribution in [3.8, 4) is 5.75 Å². The molecule has 1 rings (SSSR count). The topological polar surface area (TPSA) is 58.6 Å². The van der Waals surface area contributed by atoms with Gasteiger partial charge in [0.1, 0.15) is 5.75 Å². The smallest absolute Gasteiger partial charge is 0.251 e. The standard InChI is InChI=1S/C16H25NO3/c1-5-20-13-8-6-7-12(11-13)15(19)17-14(9-10-18)16(2,3)4/h6-8,11,14,18H,5,9-10H2,1-4H3,(H,17,19). The van der Waals surface area contributed by atoms with E-state index in [1.165, 1.54) is 0 Å². The molecule has 0 bridgehead atoms. The average molecular weight is 279 g/mol. The predicted octanol–water partition coefficient (Wildman–Crippen LogP) is 2.61. The number of nitrogens with one attached hydrogen (secondary N) is 1. The molecule has 1 aromatic rings. The van der Waals surface area contributed by atoms with E-state index in [1.54, 1.807) is 18.2 Å². The van der Waals surface area contributed by atoms with E-state index in [0.717, 1.165) is 0 Å². The van der Waals surface area contributed by atoms with E-state index < -0.39 is 0 Å².